The fraction of sp³-hybridized carbons (Fsp3) is 1.00. The summed E-state index contributed by atoms with van der Waals surface area (Å²) in [5.41, 5.74) is -0.654. The average Bonchev–Trinajstić information content (AvgIpc) is 2.25. The Morgan fingerprint density at radius 1 is 0.875 bits per heavy atom. The van der Waals surface area contributed by atoms with E-state index >= 15 is 0 Å². The van der Waals surface area contributed by atoms with E-state index in [1.807, 2.05) is 0 Å². The van der Waals surface area contributed by atoms with E-state index in [1.165, 1.54) is 57.8 Å². The van der Waals surface area contributed by atoms with Gasteiger partial charge in [0.1, 0.15) is 5.56 Å². The molecule has 2 nitrogen and oxygen atoms in total. The van der Waals surface area contributed by atoms with E-state index < -0.39 is 5.56 Å². The fourth-order valence-electron chi connectivity index (χ4n) is 1.84. The maximum Gasteiger partial charge on any atom is 0.150 e. The van der Waals surface area contributed by atoms with E-state index in [1.54, 1.807) is 0 Å². The zero-order valence-corrected chi connectivity index (χ0v) is 11.6. The Hall–Kier alpha value is 0.270. The first-order chi connectivity index (χ1) is 7.77. The van der Waals surface area contributed by atoms with Crippen LogP contribution in [0.15, 0.2) is 0 Å². The lowest BCUT2D eigenvalue weighted by Gasteiger charge is -2.06. The number of hydrogen-bond donors (Lipinski definition) is 3. The molecule has 0 heterocycles. The monoisotopic (exact) mass is 247 g/mol. The molecule has 16 heavy (non-hydrogen) atoms. The molecule has 0 rings (SSSR count). The first-order valence-corrected chi connectivity index (χ1v) is 7.38. The first kappa shape index (κ1) is 16.3. The van der Waals surface area contributed by atoms with Crippen LogP contribution in [0.3, 0.4) is 0 Å². The van der Waals surface area contributed by atoms with E-state index in [4.69, 9.17) is 5.11 Å². The number of aliphatic hydroxyl groups excluding tert-OH is 1. The Bertz CT molecular complexity index is 131. The number of unbranched alkanes of at least 4 members (excludes halogenated alkanes) is 9. The molecule has 0 aliphatic carbocycles. The van der Waals surface area contributed by atoms with Crippen molar-refractivity contribution in [3.8, 4) is 0 Å². The standard InChI is InChI=1S/C13H29NOS/c1-2-3-4-5-6-7-8-9-10-11-12-14-13(15)16/h13-16H,2-12H2,1H3/t13-/m0/s1. The number of hydrogen-bond acceptors (Lipinski definition) is 3. The van der Waals surface area contributed by atoms with Crippen LogP contribution in [0.5, 0.6) is 0 Å². The molecule has 0 aliphatic heterocycles. The minimum absolute atomic E-state index is 0.654. The molecule has 0 saturated heterocycles. The van der Waals surface area contributed by atoms with E-state index in [0.717, 1.165) is 13.0 Å². The van der Waals surface area contributed by atoms with Gasteiger partial charge in [0.05, 0.1) is 0 Å². The second-order valence-corrected chi connectivity index (χ2v) is 5.00. The summed E-state index contributed by atoms with van der Waals surface area (Å²) in [6, 6.07) is 0. The maximum absolute atomic E-state index is 8.85. The van der Waals surface area contributed by atoms with E-state index in [-0.39, 0.29) is 0 Å². The van der Waals surface area contributed by atoms with E-state index in [2.05, 4.69) is 24.9 Å². The van der Waals surface area contributed by atoms with Gasteiger partial charge in [-0.15, -0.1) is 12.6 Å². The molecule has 0 bridgehead atoms. The highest BCUT2D eigenvalue weighted by molar-refractivity contribution is 7.80. The van der Waals surface area contributed by atoms with Crippen LogP contribution >= 0.6 is 12.6 Å². The zero-order chi connectivity index (χ0) is 12.1. The minimum atomic E-state index is -0.654. The van der Waals surface area contributed by atoms with Crippen LogP contribution < -0.4 is 5.32 Å². The van der Waals surface area contributed by atoms with Crippen molar-refractivity contribution in [1.29, 1.82) is 0 Å². The van der Waals surface area contributed by atoms with Gasteiger partial charge >= 0.3 is 0 Å². The van der Waals surface area contributed by atoms with Gasteiger partial charge in [-0.05, 0) is 13.0 Å². The van der Waals surface area contributed by atoms with E-state index in [0.29, 0.717) is 0 Å². The van der Waals surface area contributed by atoms with Crippen molar-refractivity contribution < 1.29 is 5.11 Å². The van der Waals surface area contributed by atoms with Gasteiger partial charge in [0.25, 0.3) is 0 Å². The third-order valence-electron chi connectivity index (χ3n) is 2.86. The van der Waals surface area contributed by atoms with Crippen molar-refractivity contribution in [1.82, 2.24) is 5.32 Å². The molecule has 0 spiro atoms. The Labute approximate surface area is 107 Å². The SMILES string of the molecule is CCCCCCCCCCCCN[C@@H](O)S. The predicted octanol–water partition coefficient (Wildman–Crippen LogP) is 3.70. The summed E-state index contributed by atoms with van der Waals surface area (Å²) in [5, 5.41) is 11.7. The molecule has 0 unspecified atom stereocenters. The van der Waals surface area contributed by atoms with Gasteiger partial charge in [-0.2, -0.15) is 0 Å². The quantitative estimate of drug-likeness (QED) is 0.279. The van der Waals surface area contributed by atoms with Crippen molar-refractivity contribution in [3.63, 3.8) is 0 Å². The van der Waals surface area contributed by atoms with Crippen molar-refractivity contribution >= 4 is 12.6 Å². The second kappa shape index (κ2) is 13.3. The molecule has 0 aromatic carbocycles. The third kappa shape index (κ3) is 14.3. The molecule has 0 saturated carbocycles. The fourth-order valence-corrected chi connectivity index (χ4v) is 1.97. The van der Waals surface area contributed by atoms with Crippen LogP contribution in [-0.2, 0) is 0 Å². The highest BCUT2D eigenvalue weighted by Gasteiger charge is 1.94. The molecular weight excluding hydrogens is 218 g/mol. The van der Waals surface area contributed by atoms with Crippen LogP contribution in [0.2, 0.25) is 0 Å². The molecule has 1 atom stereocenters. The highest BCUT2D eigenvalue weighted by Crippen LogP contribution is 2.10. The van der Waals surface area contributed by atoms with Crippen LogP contribution in [0, 0.1) is 0 Å². The molecule has 0 aromatic rings. The molecule has 98 valence electrons. The van der Waals surface area contributed by atoms with Gasteiger partial charge in [-0.3, -0.25) is 5.32 Å². The first-order valence-electron chi connectivity index (χ1n) is 6.87. The van der Waals surface area contributed by atoms with Crippen LogP contribution in [0.4, 0.5) is 0 Å². The molecular formula is C13H29NOS. The van der Waals surface area contributed by atoms with Crippen molar-refractivity contribution in [2.75, 3.05) is 6.54 Å². The van der Waals surface area contributed by atoms with Crippen LogP contribution in [0.1, 0.15) is 71.1 Å². The molecule has 0 amide bonds. The van der Waals surface area contributed by atoms with Crippen LogP contribution in [0.25, 0.3) is 0 Å². The zero-order valence-electron chi connectivity index (χ0n) is 10.7. The summed E-state index contributed by atoms with van der Waals surface area (Å²) in [7, 11) is 0. The number of nitrogens with one attached hydrogen (secondary N) is 1. The number of aliphatic hydroxyl groups is 1. The lowest BCUT2D eigenvalue weighted by atomic mass is 10.1. The second-order valence-electron chi connectivity index (χ2n) is 4.51. The summed E-state index contributed by atoms with van der Waals surface area (Å²) >= 11 is 3.84. The van der Waals surface area contributed by atoms with Crippen molar-refractivity contribution in [3.05, 3.63) is 0 Å². The minimum Gasteiger partial charge on any atom is -0.369 e. The highest BCUT2D eigenvalue weighted by atomic mass is 32.1. The van der Waals surface area contributed by atoms with Crippen LogP contribution in [-0.4, -0.2) is 17.2 Å². The normalized spacial score (nSPS) is 12.9. The number of thiol groups is 1. The molecule has 2 N–H and O–H groups in total. The van der Waals surface area contributed by atoms with Gasteiger partial charge < -0.3 is 5.11 Å². The molecule has 3 heteroatoms. The molecule has 0 fully saturated rings. The summed E-state index contributed by atoms with van der Waals surface area (Å²) in [6.07, 6.45) is 13.5. The molecule has 0 aliphatic rings. The summed E-state index contributed by atoms with van der Waals surface area (Å²) in [5.74, 6) is 0. The van der Waals surface area contributed by atoms with Crippen molar-refractivity contribution in [2.45, 2.75) is 76.7 Å². The smallest absolute Gasteiger partial charge is 0.150 e. The Kier molecular flexibility index (Phi) is 13.6. The van der Waals surface area contributed by atoms with Gasteiger partial charge in [0.15, 0.2) is 0 Å². The Morgan fingerprint density at radius 2 is 1.31 bits per heavy atom. The van der Waals surface area contributed by atoms with Gasteiger partial charge in [-0.1, -0.05) is 64.7 Å². The Balaban J connectivity index is 2.88. The predicted molar refractivity (Wildman–Crippen MR) is 74.8 cm³/mol. The summed E-state index contributed by atoms with van der Waals surface area (Å²) < 4.78 is 0. The van der Waals surface area contributed by atoms with Gasteiger partial charge in [0.2, 0.25) is 0 Å². The molecule has 0 aromatic heterocycles. The maximum atomic E-state index is 8.85. The average molecular weight is 247 g/mol. The Morgan fingerprint density at radius 3 is 1.75 bits per heavy atom. The lowest BCUT2D eigenvalue weighted by molar-refractivity contribution is 0.226. The van der Waals surface area contributed by atoms with Crippen molar-refractivity contribution in [2.24, 2.45) is 0 Å². The lowest BCUT2D eigenvalue weighted by Crippen LogP contribution is -2.24. The van der Waals surface area contributed by atoms with Gasteiger partial charge in [-0.25, -0.2) is 0 Å². The molecule has 0 radical (unpaired) electrons. The largest absolute Gasteiger partial charge is 0.369 e. The summed E-state index contributed by atoms with van der Waals surface area (Å²) in [6.45, 7) is 3.14. The summed E-state index contributed by atoms with van der Waals surface area (Å²) in [4.78, 5) is 0. The number of rotatable bonds is 12. The topological polar surface area (TPSA) is 32.3 Å². The van der Waals surface area contributed by atoms with E-state index in [9.17, 15) is 0 Å². The van der Waals surface area contributed by atoms with Gasteiger partial charge in [0, 0.05) is 0 Å². The third-order valence-corrected chi connectivity index (χ3v) is 3.04.